The van der Waals surface area contributed by atoms with Gasteiger partial charge in [-0.3, -0.25) is 0 Å². The molecule has 0 bridgehead atoms. The second-order valence-electron chi connectivity index (χ2n) is 5.66. The number of rotatable bonds is 11. The molecule has 0 aliphatic rings. The van der Waals surface area contributed by atoms with E-state index in [9.17, 15) is 9.59 Å². The summed E-state index contributed by atoms with van der Waals surface area (Å²) < 4.78 is -0.934. The molecule has 0 saturated carbocycles. The van der Waals surface area contributed by atoms with Crippen molar-refractivity contribution in [1.29, 1.82) is 0 Å². The normalized spacial score (nSPS) is 11.5. The van der Waals surface area contributed by atoms with Crippen molar-refractivity contribution in [3.05, 3.63) is 0 Å². The number of imide groups is 1. The fraction of sp³-hybridized carbons (Fsp3) is 0.867. The largest absolute Gasteiger partial charge is 0.524 e. The molecule has 118 valence electrons. The van der Waals surface area contributed by atoms with Gasteiger partial charge in [0, 0.05) is 0 Å². The molecule has 0 spiro atoms. The Hall–Kier alpha value is -1.10. The molecule has 0 fully saturated rings. The van der Waals surface area contributed by atoms with Gasteiger partial charge in [-0.1, -0.05) is 58.3 Å². The summed E-state index contributed by atoms with van der Waals surface area (Å²) in [5.41, 5.74) is 0. The van der Waals surface area contributed by atoms with E-state index in [1.807, 2.05) is 0 Å². The third-order valence-electron chi connectivity index (χ3n) is 3.80. The lowest BCUT2D eigenvalue weighted by atomic mass is 10.1. The van der Waals surface area contributed by atoms with Gasteiger partial charge in [0.05, 0.1) is 13.6 Å². The minimum Gasteiger partial charge on any atom is -0.435 e. The Balaban J connectivity index is 3.56. The molecule has 5 heteroatoms. The lowest BCUT2D eigenvalue weighted by Gasteiger charge is -2.21. The van der Waals surface area contributed by atoms with E-state index in [-0.39, 0.29) is 6.54 Å². The maximum atomic E-state index is 10.9. The summed E-state index contributed by atoms with van der Waals surface area (Å²) >= 11 is 0. The minimum atomic E-state index is -1.30. The van der Waals surface area contributed by atoms with Gasteiger partial charge in [-0.2, -0.15) is 9.59 Å². The van der Waals surface area contributed by atoms with Gasteiger partial charge in [0.25, 0.3) is 0 Å². The Kier molecular flexibility index (Phi) is 10.1. The summed E-state index contributed by atoms with van der Waals surface area (Å²) in [6.07, 6.45) is 8.90. The Morgan fingerprint density at radius 3 is 1.45 bits per heavy atom. The van der Waals surface area contributed by atoms with Crippen LogP contribution in [0.15, 0.2) is 0 Å². The van der Waals surface area contributed by atoms with Crippen molar-refractivity contribution in [3.8, 4) is 0 Å². The zero-order valence-electron chi connectivity index (χ0n) is 12.9. The Morgan fingerprint density at radius 1 is 0.750 bits per heavy atom. The molecule has 0 aromatic carbocycles. The average molecular weight is 288 g/mol. The predicted molar refractivity (Wildman–Crippen MR) is 78.9 cm³/mol. The molecule has 0 rings (SSSR count). The lowest BCUT2D eigenvalue weighted by Crippen LogP contribution is -2.53. The van der Waals surface area contributed by atoms with Gasteiger partial charge < -0.3 is 10.2 Å². The highest BCUT2D eigenvalue weighted by Gasteiger charge is 2.40. The maximum absolute atomic E-state index is 10.9. The van der Waals surface area contributed by atoms with Crippen LogP contribution in [0.1, 0.15) is 71.1 Å². The van der Waals surface area contributed by atoms with Crippen LogP contribution in [-0.2, 0) is 0 Å². The average Bonchev–Trinajstić information content (AvgIpc) is 2.40. The Labute approximate surface area is 122 Å². The lowest BCUT2D eigenvalue weighted by molar-refractivity contribution is -0.763. The predicted octanol–water partition coefficient (Wildman–Crippen LogP) is 4.71. The number of carbonyl (C=O) groups is 2. The van der Waals surface area contributed by atoms with Crippen LogP contribution in [0.5, 0.6) is 0 Å². The quantitative estimate of drug-likeness (QED) is 0.426. The number of amides is 2. The highest BCUT2D eigenvalue weighted by atomic mass is 16.4. The first-order valence-corrected chi connectivity index (χ1v) is 7.77. The van der Waals surface area contributed by atoms with Crippen LogP contribution in [0.25, 0.3) is 0 Å². The molecular formula is C15H30NO4+. The molecule has 0 aromatic heterocycles. The third kappa shape index (κ3) is 7.48. The highest BCUT2D eigenvalue weighted by molar-refractivity contribution is 5.73. The second-order valence-corrected chi connectivity index (χ2v) is 5.66. The monoisotopic (exact) mass is 288 g/mol. The summed E-state index contributed by atoms with van der Waals surface area (Å²) in [5.74, 6) is 0. The van der Waals surface area contributed by atoms with Crippen molar-refractivity contribution in [2.75, 3.05) is 13.6 Å². The van der Waals surface area contributed by atoms with E-state index in [1.165, 1.54) is 45.6 Å². The van der Waals surface area contributed by atoms with Gasteiger partial charge in [-0.15, -0.1) is 4.48 Å². The number of nitrogens with zero attached hydrogens (tertiary/aromatic N) is 1. The number of quaternary nitrogens is 1. The van der Waals surface area contributed by atoms with Gasteiger partial charge in [0.15, 0.2) is 0 Å². The molecule has 5 nitrogen and oxygen atoms in total. The zero-order valence-corrected chi connectivity index (χ0v) is 12.9. The van der Waals surface area contributed by atoms with Crippen molar-refractivity contribution in [1.82, 2.24) is 0 Å². The van der Waals surface area contributed by atoms with Crippen LogP contribution in [0.2, 0.25) is 0 Å². The van der Waals surface area contributed by atoms with Gasteiger partial charge in [0.1, 0.15) is 0 Å². The van der Waals surface area contributed by atoms with E-state index in [4.69, 9.17) is 10.2 Å². The number of unbranched alkanes of at least 4 members (excludes halogenated alkanes) is 9. The molecule has 0 aliphatic heterocycles. The minimum absolute atomic E-state index is 0.154. The van der Waals surface area contributed by atoms with Crippen LogP contribution >= 0.6 is 0 Å². The topological polar surface area (TPSA) is 74.6 Å². The summed E-state index contributed by atoms with van der Waals surface area (Å²) in [7, 11) is 1.23. The van der Waals surface area contributed by atoms with Crippen LogP contribution in [0, 0.1) is 0 Å². The zero-order chi connectivity index (χ0) is 15.4. The molecule has 0 heterocycles. The first kappa shape index (κ1) is 18.9. The second kappa shape index (κ2) is 10.7. The van der Waals surface area contributed by atoms with E-state index in [1.54, 1.807) is 0 Å². The summed E-state index contributed by atoms with van der Waals surface area (Å²) in [6, 6.07) is 0. The summed E-state index contributed by atoms with van der Waals surface area (Å²) in [6.45, 7) is 2.36. The van der Waals surface area contributed by atoms with Gasteiger partial charge in [0.2, 0.25) is 0 Å². The van der Waals surface area contributed by atoms with Crippen molar-refractivity contribution in [2.45, 2.75) is 71.1 Å². The summed E-state index contributed by atoms with van der Waals surface area (Å²) in [5, 5.41) is 17.9. The molecule has 0 aromatic rings. The number of hydrogen-bond donors (Lipinski definition) is 2. The van der Waals surface area contributed by atoms with Crippen LogP contribution < -0.4 is 0 Å². The third-order valence-corrected chi connectivity index (χ3v) is 3.80. The molecular weight excluding hydrogens is 258 g/mol. The van der Waals surface area contributed by atoms with Crippen molar-refractivity contribution in [2.24, 2.45) is 0 Å². The van der Waals surface area contributed by atoms with E-state index in [2.05, 4.69) is 6.92 Å². The van der Waals surface area contributed by atoms with E-state index in [0.29, 0.717) is 6.42 Å². The molecule has 0 aliphatic carbocycles. The maximum Gasteiger partial charge on any atom is 0.524 e. The SMILES string of the molecule is CCCCCCCCCCCC[N+](C)(C(=O)O)C(=O)O. The van der Waals surface area contributed by atoms with E-state index < -0.39 is 16.7 Å². The first-order valence-electron chi connectivity index (χ1n) is 7.77. The fourth-order valence-corrected chi connectivity index (χ4v) is 2.19. The van der Waals surface area contributed by atoms with Crippen molar-refractivity contribution >= 4 is 12.2 Å². The van der Waals surface area contributed by atoms with Gasteiger partial charge >= 0.3 is 12.2 Å². The molecule has 0 radical (unpaired) electrons. The number of hydrogen-bond acceptors (Lipinski definition) is 2. The smallest absolute Gasteiger partial charge is 0.435 e. The molecule has 2 amide bonds. The van der Waals surface area contributed by atoms with E-state index in [0.717, 1.165) is 19.3 Å². The van der Waals surface area contributed by atoms with Crippen LogP contribution in [0.4, 0.5) is 9.59 Å². The fourth-order valence-electron chi connectivity index (χ4n) is 2.19. The van der Waals surface area contributed by atoms with Crippen LogP contribution in [0.3, 0.4) is 0 Å². The highest BCUT2D eigenvalue weighted by Crippen LogP contribution is 2.13. The Bertz CT molecular complexity index is 278. The first-order chi connectivity index (χ1) is 9.45. The van der Waals surface area contributed by atoms with Gasteiger partial charge in [-0.05, 0) is 12.8 Å². The van der Waals surface area contributed by atoms with Gasteiger partial charge in [-0.25, -0.2) is 0 Å². The summed E-state index contributed by atoms with van der Waals surface area (Å²) in [4.78, 5) is 21.9. The molecule has 2 N–H and O–H groups in total. The Morgan fingerprint density at radius 2 is 1.10 bits per heavy atom. The van der Waals surface area contributed by atoms with E-state index >= 15 is 0 Å². The molecule has 0 saturated heterocycles. The molecule has 0 atom stereocenters. The van der Waals surface area contributed by atoms with Crippen molar-refractivity contribution < 1.29 is 24.3 Å². The molecule has 0 unspecified atom stereocenters. The standard InChI is InChI=1S/C15H29NO4/c1-3-4-5-6-7-8-9-10-11-12-13-16(2,14(17)18)15(19)20/h3-13H2,1-2H3,(H-,17,18,19,20)/p+1. The van der Waals surface area contributed by atoms with Crippen molar-refractivity contribution in [3.63, 3.8) is 0 Å². The van der Waals surface area contributed by atoms with Crippen LogP contribution in [-0.4, -0.2) is 40.5 Å². The molecule has 20 heavy (non-hydrogen) atoms. The number of carboxylic acid groups (broad SMARTS) is 2.